The van der Waals surface area contributed by atoms with Crippen molar-refractivity contribution in [1.29, 1.82) is 0 Å². The van der Waals surface area contributed by atoms with Crippen LogP contribution in [0.2, 0.25) is 5.02 Å². The maximum atomic E-state index is 6.28. The van der Waals surface area contributed by atoms with Gasteiger partial charge in [0.25, 0.3) is 0 Å². The Labute approximate surface area is 122 Å². The van der Waals surface area contributed by atoms with Crippen LogP contribution in [0.15, 0.2) is 52.3 Å². The van der Waals surface area contributed by atoms with Crippen molar-refractivity contribution < 1.29 is 4.74 Å². The van der Waals surface area contributed by atoms with Gasteiger partial charge >= 0.3 is 0 Å². The Hall–Kier alpha value is -1.16. The molecule has 2 N–H and O–H groups in total. The topological polar surface area (TPSA) is 35.2 Å². The molecule has 0 bridgehead atoms. The molecule has 2 aromatic carbocycles. The number of benzene rings is 2. The summed E-state index contributed by atoms with van der Waals surface area (Å²) in [6.07, 6.45) is 0. The summed E-state index contributed by atoms with van der Waals surface area (Å²) in [6, 6.07) is 13.9. The molecule has 0 spiro atoms. The van der Waals surface area contributed by atoms with E-state index in [0.29, 0.717) is 0 Å². The highest BCUT2D eigenvalue weighted by Gasteiger charge is 2.06. The highest BCUT2D eigenvalue weighted by molar-refractivity contribution is 7.99. The first-order valence-electron chi connectivity index (χ1n) is 5.97. The second-order valence-corrected chi connectivity index (χ2v) is 5.78. The van der Waals surface area contributed by atoms with E-state index in [2.05, 4.69) is 0 Å². The quantitative estimate of drug-likeness (QED) is 0.900. The van der Waals surface area contributed by atoms with E-state index in [1.165, 1.54) is 0 Å². The maximum absolute atomic E-state index is 6.28. The van der Waals surface area contributed by atoms with Gasteiger partial charge in [0.15, 0.2) is 0 Å². The molecule has 0 aromatic heterocycles. The summed E-state index contributed by atoms with van der Waals surface area (Å²) in [5.74, 6) is 0.850. The van der Waals surface area contributed by atoms with Crippen LogP contribution in [0.3, 0.4) is 0 Å². The van der Waals surface area contributed by atoms with Gasteiger partial charge in [0.05, 0.1) is 12.1 Å². The highest BCUT2D eigenvalue weighted by Crippen LogP contribution is 2.35. The first kappa shape index (κ1) is 14.3. The van der Waals surface area contributed by atoms with Crippen molar-refractivity contribution >= 4 is 23.4 Å². The number of hydrogen-bond acceptors (Lipinski definition) is 3. The monoisotopic (exact) mass is 293 g/mol. The van der Waals surface area contributed by atoms with Crippen LogP contribution in [0.4, 0.5) is 0 Å². The third-order valence-corrected chi connectivity index (χ3v) is 4.28. The van der Waals surface area contributed by atoms with E-state index in [0.717, 1.165) is 26.1 Å². The molecule has 0 saturated carbocycles. The molecule has 0 amide bonds. The van der Waals surface area contributed by atoms with Crippen molar-refractivity contribution in [3.8, 4) is 5.75 Å². The molecule has 1 unspecified atom stereocenters. The largest absolute Gasteiger partial charge is 0.497 e. The van der Waals surface area contributed by atoms with Gasteiger partial charge in [0.1, 0.15) is 5.75 Å². The van der Waals surface area contributed by atoms with E-state index >= 15 is 0 Å². The molecule has 0 radical (unpaired) electrons. The smallest absolute Gasteiger partial charge is 0.118 e. The van der Waals surface area contributed by atoms with Crippen molar-refractivity contribution in [2.75, 3.05) is 7.11 Å². The van der Waals surface area contributed by atoms with Crippen LogP contribution in [-0.2, 0) is 0 Å². The van der Waals surface area contributed by atoms with Crippen molar-refractivity contribution in [3.05, 3.63) is 53.1 Å². The zero-order chi connectivity index (χ0) is 13.8. The minimum Gasteiger partial charge on any atom is -0.497 e. The zero-order valence-electron chi connectivity index (χ0n) is 10.9. The Bertz CT molecular complexity index is 555. The average molecular weight is 294 g/mol. The van der Waals surface area contributed by atoms with Gasteiger partial charge in [-0.05, 0) is 48.9 Å². The highest BCUT2D eigenvalue weighted by atomic mass is 35.5. The summed E-state index contributed by atoms with van der Waals surface area (Å²) in [5, 5.41) is 0.732. The molecule has 100 valence electrons. The van der Waals surface area contributed by atoms with E-state index in [9.17, 15) is 0 Å². The lowest BCUT2D eigenvalue weighted by atomic mass is 10.1. The van der Waals surface area contributed by atoms with Crippen LogP contribution in [0.25, 0.3) is 0 Å². The van der Waals surface area contributed by atoms with Gasteiger partial charge in [-0.25, -0.2) is 0 Å². The minimum atomic E-state index is -0.00228. The molecule has 19 heavy (non-hydrogen) atoms. The Balaban J connectivity index is 2.18. The van der Waals surface area contributed by atoms with Crippen molar-refractivity contribution in [3.63, 3.8) is 0 Å². The van der Waals surface area contributed by atoms with Gasteiger partial charge in [-0.2, -0.15) is 0 Å². The van der Waals surface area contributed by atoms with Gasteiger partial charge in [-0.15, -0.1) is 0 Å². The normalized spacial score (nSPS) is 12.2. The number of nitrogens with two attached hydrogens (primary N) is 1. The Morgan fingerprint density at radius 3 is 2.37 bits per heavy atom. The summed E-state index contributed by atoms with van der Waals surface area (Å²) in [5.41, 5.74) is 6.88. The third kappa shape index (κ3) is 3.66. The fraction of sp³-hybridized carbons (Fsp3) is 0.200. The van der Waals surface area contributed by atoms with E-state index in [1.807, 2.05) is 49.4 Å². The number of halogens is 1. The lowest BCUT2D eigenvalue weighted by Crippen LogP contribution is -2.04. The Kier molecular flexibility index (Phi) is 4.75. The Morgan fingerprint density at radius 1 is 1.16 bits per heavy atom. The summed E-state index contributed by atoms with van der Waals surface area (Å²) >= 11 is 7.91. The molecule has 2 nitrogen and oxygen atoms in total. The third-order valence-electron chi connectivity index (χ3n) is 2.77. The number of rotatable bonds is 4. The fourth-order valence-corrected chi connectivity index (χ4v) is 2.78. The zero-order valence-corrected chi connectivity index (χ0v) is 12.5. The average Bonchev–Trinajstić information content (AvgIpc) is 2.41. The molecule has 4 heteroatoms. The number of methoxy groups -OCH3 is 1. The minimum absolute atomic E-state index is 0.00228. The molecule has 0 aliphatic carbocycles. The standard InChI is InChI=1S/C15H16ClNOS/c1-10(17)11-3-8-15(14(16)9-11)19-13-6-4-12(18-2)5-7-13/h3-10H,17H2,1-2H3. The summed E-state index contributed by atoms with van der Waals surface area (Å²) in [6.45, 7) is 1.95. The predicted molar refractivity (Wildman–Crippen MR) is 81.2 cm³/mol. The van der Waals surface area contributed by atoms with E-state index in [4.69, 9.17) is 22.1 Å². The SMILES string of the molecule is COc1ccc(Sc2ccc(C(C)N)cc2Cl)cc1. The van der Waals surface area contributed by atoms with Gasteiger partial charge < -0.3 is 10.5 Å². The van der Waals surface area contributed by atoms with E-state index in [1.54, 1.807) is 18.9 Å². The summed E-state index contributed by atoms with van der Waals surface area (Å²) < 4.78 is 5.14. The molecular formula is C15H16ClNOS. The van der Waals surface area contributed by atoms with E-state index < -0.39 is 0 Å². The predicted octanol–water partition coefficient (Wildman–Crippen LogP) is 4.52. The second-order valence-electron chi connectivity index (χ2n) is 4.26. The molecule has 0 fully saturated rings. The first-order chi connectivity index (χ1) is 9.10. The van der Waals surface area contributed by atoms with Crippen molar-refractivity contribution in [1.82, 2.24) is 0 Å². The molecule has 2 aromatic rings. The molecule has 2 rings (SSSR count). The molecule has 0 heterocycles. The van der Waals surface area contributed by atoms with Crippen molar-refractivity contribution in [2.45, 2.75) is 22.8 Å². The van der Waals surface area contributed by atoms with Gasteiger partial charge in [-0.1, -0.05) is 29.4 Å². The van der Waals surface area contributed by atoms with Crippen LogP contribution >= 0.6 is 23.4 Å². The van der Waals surface area contributed by atoms with Gasteiger partial charge in [0, 0.05) is 15.8 Å². The summed E-state index contributed by atoms with van der Waals surface area (Å²) in [4.78, 5) is 2.15. The molecule has 0 aliphatic heterocycles. The second kappa shape index (κ2) is 6.33. The molecular weight excluding hydrogens is 278 g/mol. The van der Waals surface area contributed by atoms with Gasteiger partial charge in [0.2, 0.25) is 0 Å². The molecule has 0 aliphatic rings. The van der Waals surface area contributed by atoms with E-state index in [-0.39, 0.29) is 6.04 Å². The van der Waals surface area contributed by atoms with Crippen LogP contribution in [-0.4, -0.2) is 7.11 Å². The fourth-order valence-electron chi connectivity index (χ4n) is 1.65. The first-order valence-corrected chi connectivity index (χ1v) is 7.16. The van der Waals surface area contributed by atoms with Crippen LogP contribution < -0.4 is 10.5 Å². The van der Waals surface area contributed by atoms with Crippen molar-refractivity contribution in [2.24, 2.45) is 5.73 Å². The molecule has 0 saturated heterocycles. The maximum Gasteiger partial charge on any atom is 0.118 e. The van der Waals surface area contributed by atoms with Crippen LogP contribution in [0, 0.1) is 0 Å². The van der Waals surface area contributed by atoms with Gasteiger partial charge in [-0.3, -0.25) is 0 Å². The number of hydrogen-bond donors (Lipinski definition) is 1. The molecule has 1 atom stereocenters. The number of ether oxygens (including phenoxy) is 1. The summed E-state index contributed by atoms with van der Waals surface area (Å²) in [7, 11) is 1.66. The lowest BCUT2D eigenvalue weighted by Gasteiger charge is -2.09. The van der Waals surface area contributed by atoms with Crippen LogP contribution in [0.5, 0.6) is 5.75 Å². The Morgan fingerprint density at radius 2 is 1.84 bits per heavy atom. The lowest BCUT2D eigenvalue weighted by molar-refractivity contribution is 0.414. The van der Waals surface area contributed by atoms with Crippen LogP contribution in [0.1, 0.15) is 18.5 Å².